The van der Waals surface area contributed by atoms with Crippen LogP contribution >= 0.6 is 0 Å². The fourth-order valence-corrected chi connectivity index (χ4v) is 4.08. The van der Waals surface area contributed by atoms with E-state index < -0.39 is 18.1 Å². The second kappa shape index (κ2) is 16.9. The van der Waals surface area contributed by atoms with E-state index in [1.165, 1.54) is 0 Å². The Morgan fingerprint density at radius 3 is 2.24 bits per heavy atom. The third-order valence-corrected chi connectivity index (χ3v) is 6.20. The molecule has 2 aromatic rings. The molecule has 0 bridgehead atoms. The van der Waals surface area contributed by atoms with Crippen molar-refractivity contribution in [2.75, 3.05) is 13.2 Å². The first-order valence-electron chi connectivity index (χ1n) is 13.1. The van der Waals surface area contributed by atoms with Crippen molar-refractivity contribution in [3.63, 3.8) is 0 Å². The topological polar surface area (TPSA) is 105 Å². The van der Waals surface area contributed by atoms with Crippen LogP contribution in [-0.2, 0) is 25.5 Å². The number of allylic oxidation sites excluding steroid dienone is 2. The lowest BCUT2D eigenvalue weighted by Crippen LogP contribution is -2.40. The van der Waals surface area contributed by atoms with E-state index in [1.54, 1.807) is 19.1 Å². The van der Waals surface area contributed by atoms with E-state index >= 15 is 0 Å². The van der Waals surface area contributed by atoms with Gasteiger partial charge in [-0.25, -0.2) is 0 Å². The SMILES string of the molecule is C=CCC[C@H](Cc1ccccc1)C(=O)O[C@@H](CNC(=O)[C@@H](CC=C)CC(=O)N[C@H](C)CO)c1ccccc1. The van der Waals surface area contributed by atoms with E-state index in [9.17, 15) is 14.4 Å². The number of ether oxygens (including phenoxy) is 1. The van der Waals surface area contributed by atoms with Crippen LogP contribution in [0.2, 0.25) is 0 Å². The summed E-state index contributed by atoms with van der Waals surface area (Å²) in [6, 6.07) is 18.7. The number of carbonyl (C=O) groups excluding carboxylic acids is 3. The summed E-state index contributed by atoms with van der Waals surface area (Å²) < 4.78 is 5.99. The van der Waals surface area contributed by atoms with Crippen molar-refractivity contribution >= 4 is 17.8 Å². The molecule has 4 atom stereocenters. The minimum absolute atomic E-state index is 0.0430. The second-order valence-corrected chi connectivity index (χ2v) is 9.41. The summed E-state index contributed by atoms with van der Waals surface area (Å²) in [7, 11) is 0. The second-order valence-electron chi connectivity index (χ2n) is 9.41. The first-order chi connectivity index (χ1) is 18.4. The molecule has 0 aliphatic rings. The molecule has 0 saturated carbocycles. The minimum atomic E-state index is -0.692. The van der Waals surface area contributed by atoms with Crippen LogP contribution in [0.25, 0.3) is 0 Å². The van der Waals surface area contributed by atoms with Gasteiger partial charge in [0.25, 0.3) is 0 Å². The summed E-state index contributed by atoms with van der Waals surface area (Å²) >= 11 is 0. The maximum Gasteiger partial charge on any atom is 0.309 e. The molecule has 204 valence electrons. The zero-order valence-electron chi connectivity index (χ0n) is 22.2. The fourth-order valence-electron chi connectivity index (χ4n) is 4.08. The highest BCUT2D eigenvalue weighted by molar-refractivity contribution is 5.86. The van der Waals surface area contributed by atoms with E-state index in [0.29, 0.717) is 25.7 Å². The number of benzene rings is 2. The molecule has 2 rings (SSSR count). The summed E-state index contributed by atoms with van der Waals surface area (Å²) in [4.78, 5) is 38.7. The van der Waals surface area contributed by atoms with Crippen LogP contribution in [0.5, 0.6) is 0 Å². The predicted molar refractivity (Wildman–Crippen MR) is 149 cm³/mol. The summed E-state index contributed by atoms with van der Waals surface area (Å²) in [5.41, 5.74) is 1.81. The molecule has 0 radical (unpaired) electrons. The highest BCUT2D eigenvalue weighted by Gasteiger charge is 2.27. The Bertz CT molecular complexity index is 1030. The molecule has 0 aliphatic carbocycles. The Morgan fingerprint density at radius 1 is 0.974 bits per heavy atom. The van der Waals surface area contributed by atoms with Gasteiger partial charge in [0.15, 0.2) is 0 Å². The summed E-state index contributed by atoms with van der Waals surface area (Å²) in [5.74, 6) is -1.99. The van der Waals surface area contributed by atoms with Crippen LogP contribution in [0.4, 0.5) is 0 Å². The van der Waals surface area contributed by atoms with Gasteiger partial charge in [0, 0.05) is 12.5 Å². The lowest BCUT2D eigenvalue weighted by atomic mass is 9.94. The number of nitrogens with one attached hydrogen (secondary N) is 2. The minimum Gasteiger partial charge on any atom is -0.455 e. The van der Waals surface area contributed by atoms with Crippen LogP contribution in [0.3, 0.4) is 0 Å². The molecule has 0 saturated heterocycles. The average Bonchev–Trinajstić information content (AvgIpc) is 2.93. The van der Waals surface area contributed by atoms with Gasteiger partial charge < -0.3 is 20.5 Å². The highest BCUT2D eigenvalue weighted by atomic mass is 16.5. The highest BCUT2D eigenvalue weighted by Crippen LogP contribution is 2.23. The third kappa shape index (κ3) is 10.7. The molecule has 0 spiro atoms. The van der Waals surface area contributed by atoms with E-state index in [1.807, 2.05) is 60.7 Å². The summed E-state index contributed by atoms with van der Waals surface area (Å²) in [5, 5.41) is 14.7. The van der Waals surface area contributed by atoms with E-state index in [4.69, 9.17) is 9.84 Å². The largest absolute Gasteiger partial charge is 0.455 e. The zero-order chi connectivity index (χ0) is 27.8. The molecule has 3 N–H and O–H groups in total. The van der Waals surface area contributed by atoms with Crippen molar-refractivity contribution in [2.45, 2.75) is 51.2 Å². The quantitative estimate of drug-likeness (QED) is 0.213. The maximum absolute atomic E-state index is 13.3. The zero-order valence-corrected chi connectivity index (χ0v) is 22.2. The Hall–Kier alpha value is -3.71. The van der Waals surface area contributed by atoms with Crippen molar-refractivity contribution in [3.05, 3.63) is 97.1 Å². The first kappa shape index (κ1) is 30.5. The molecule has 0 heterocycles. The van der Waals surface area contributed by atoms with Crippen LogP contribution in [0, 0.1) is 11.8 Å². The lowest BCUT2D eigenvalue weighted by molar-refractivity contribution is -0.155. The van der Waals surface area contributed by atoms with Crippen molar-refractivity contribution in [1.82, 2.24) is 10.6 Å². The van der Waals surface area contributed by atoms with Gasteiger partial charge in [-0.1, -0.05) is 72.8 Å². The molecular formula is C31H40N2O5. The van der Waals surface area contributed by atoms with Gasteiger partial charge in [-0.3, -0.25) is 14.4 Å². The van der Waals surface area contributed by atoms with Gasteiger partial charge in [0.2, 0.25) is 11.8 Å². The Morgan fingerprint density at radius 2 is 1.63 bits per heavy atom. The van der Waals surface area contributed by atoms with Crippen LogP contribution in [0.1, 0.15) is 49.8 Å². The standard InChI is InChI=1S/C31H40N2O5/c1-4-6-16-27(19-24-14-9-7-10-15-24)31(37)38-28(25-17-11-8-12-18-25)21-32-30(36)26(13-5-2)20-29(35)33-23(3)22-34/h4-5,7-12,14-15,17-18,23,26-28,34H,1-2,6,13,16,19-22H2,3H3,(H,32,36)(H,33,35)/t23-,26+,27-,28+/m1/s1. The number of amides is 2. The Kier molecular flexibility index (Phi) is 13.6. The normalized spacial score (nSPS) is 13.8. The monoisotopic (exact) mass is 520 g/mol. The molecular weight excluding hydrogens is 480 g/mol. The van der Waals surface area contributed by atoms with Gasteiger partial charge in [0.1, 0.15) is 6.10 Å². The molecule has 0 fully saturated rings. The van der Waals surface area contributed by atoms with E-state index in [0.717, 1.165) is 11.1 Å². The van der Waals surface area contributed by atoms with Gasteiger partial charge in [-0.2, -0.15) is 0 Å². The van der Waals surface area contributed by atoms with E-state index in [-0.39, 0.29) is 43.3 Å². The van der Waals surface area contributed by atoms with Gasteiger partial charge in [0.05, 0.1) is 25.0 Å². The number of aliphatic hydroxyl groups is 1. The van der Waals surface area contributed by atoms with E-state index in [2.05, 4.69) is 23.8 Å². The maximum atomic E-state index is 13.3. The predicted octanol–water partition coefficient (Wildman–Crippen LogP) is 4.29. The summed E-state index contributed by atoms with van der Waals surface area (Å²) in [6.45, 7) is 9.04. The first-order valence-corrected chi connectivity index (χ1v) is 13.1. The smallest absolute Gasteiger partial charge is 0.309 e. The number of hydrogen-bond donors (Lipinski definition) is 3. The number of aliphatic hydroxyl groups excluding tert-OH is 1. The molecule has 2 aromatic carbocycles. The number of esters is 1. The van der Waals surface area contributed by atoms with Gasteiger partial charge >= 0.3 is 5.97 Å². The molecule has 0 aliphatic heterocycles. The number of rotatable bonds is 17. The van der Waals surface area contributed by atoms with Gasteiger partial charge in [-0.05, 0) is 43.7 Å². The third-order valence-electron chi connectivity index (χ3n) is 6.20. The van der Waals surface area contributed by atoms with Crippen LogP contribution in [-0.4, -0.2) is 42.1 Å². The lowest BCUT2D eigenvalue weighted by Gasteiger charge is -2.24. The molecule has 38 heavy (non-hydrogen) atoms. The number of hydrogen-bond acceptors (Lipinski definition) is 5. The molecule has 7 heteroatoms. The van der Waals surface area contributed by atoms with Crippen molar-refractivity contribution in [1.29, 1.82) is 0 Å². The molecule has 2 amide bonds. The Labute approximate surface area is 226 Å². The van der Waals surface area contributed by atoms with Crippen molar-refractivity contribution in [3.8, 4) is 0 Å². The van der Waals surface area contributed by atoms with Crippen LogP contribution in [0.15, 0.2) is 86.0 Å². The van der Waals surface area contributed by atoms with Crippen molar-refractivity contribution in [2.24, 2.45) is 11.8 Å². The van der Waals surface area contributed by atoms with Crippen molar-refractivity contribution < 1.29 is 24.2 Å². The van der Waals surface area contributed by atoms with Gasteiger partial charge in [-0.15, -0.1) is 13.2 Å². The average molecular weight is 521 g/mol. The Balaban J connectivity index is 2.12. The fraction of sp³-hybridized carbons (Fsp3) is 0.387. The molecule has 0 aromatic heterocycles. The molecule has 7 nitrogen and oxygen atoms in total. The number of carbonyl (C=O) groups is 3. The van der Waals surface area contributed by atoms with Crippen LogP contribution < -0.4 is 10.6 Å². The summed E-state index contributed by atoms with van der Waals surface area (Å²) in [6.07, 6.45) is 4.79. The molecule has 0 unspecified atom stereocenters.